The number of hydrogen-bond donors (Lipinski definition) is 2. The number of fused-ring (bicyclic) bond motifs is 4. The third-order valence-corrected chi connectivity index (χ3v) is 8.96. The van der Waals surface area contributed by atoms with E-state index in [0.717, 1.165) is 35.0 Å². The molecule has 1 aromatic heterocycles. The lowest BCUT2D eigenvalue weighted by molar-refractivity contribution is -0.788. The Balaban J connectivity index is 1.44. The second-order valence-corrected chi connectivity index (χ2v) is 13.5. The number of piperazine rings is 1. The van der Waals surface area contributed by atoms with Gasteiger partial charge in [-0.05, 0) is 56.4 Å². The first kappa shape index (κ1) is 25.2. The number of piperidine rings is 1. The number of nitrogens with two attached hydrogens (primary N) is 1. The average Bonchev–Trinajstić information content (AvgIpc) is 3.21. The first-order valence-corrected chi connectivity index (χ1v) is 14.1. The molecule has 3 aliphatic heterocycles. The fourth-order valence-corrected chi connectivity index (χ4v) is 7.69. The van der Waals surface area contributed by atoms with Gasteiger partial charge < -0.3 is 20.1 Å². The molecule has 6 rings (SSSR count). The van der Waals surface area contributed by atoms with E-state index in [1.54, 1.807) is 0 Å². The Morgan fingerprint density at radius 2 is 1.61 bits per heavy atom. The number of hydrogen-bond acceptors (Lipinski definition) is 2. The second-order valence-electron chi connectivity index (χ2n) is 13.5. The molecule has 0 aliphatic carbocycles. The van der Waals surface area contributed by atoms with E-state index < -0.39 is 6.04 Å². The topological polar surface area (TPSA) is 73.0 Å². The van der Waals surface area contributed by atoms with E-state index in [4.69, 9.17) is 0 Å². The monoisotopic (exact) mass is 513 g/mol. The third kappa shape index (κ3) is 4.14. The number of benzene rings is 2. The largest absolute Gasteiger partial charge is 0.356 e. The van der Waals surface area contributed by atoms with Gasteiger partial charge in [0.1, 0.15) is 12.6 Å². The Bertz CT molecular complexity index is 1380. The molecule has 38 heavy (non-hydrogen) atoms. The van der Waals surface area contributed by atoms with Crippen molar-refractivity contribution in [3.8, 4) is 0 Å². The van der Waals surface area contributed by atoms with Crippen LogP contribution in [-0.4, -0.2) is 56.3 Å². The maximum Gasteiger partial charge on any atom is 0.246 e. The highest BCUT2D eigenvalue weighted by Crippen LogP contribution is 2.43. The van der Waals surface area contributed by atoms with Crippen molar-refractivity contribution >= 4 is 22.7 Å². The number of para-hydroxylation sites is 1. The average molecular weight is 514 g/mol. The molecule has 6 nitrogen and oxygen atoms in total. The summed E-state index contributed by atoms with van der Waals surface area (Å²) in [6, 6.07) is 16.2. The van der Waals surface area contributed by atoms with Gasteiger partial charge in [0.2, 0.25) is 11.8 Å². The molecule has 2 fully saturated rings. The van der Waals surface area contributed by atoms with Gasteiger partial charge in [-0.2, -0.15) is 0 Å². The van der Waals surface area contributed by atoms with Crippen LogP contribution in [0, 0.1) is 0 Å². The molecule has 2 atom stereocenters. The Morgan fingerprint density at radius 3 is 2.26 bits per heavy atom. The van der Waals surface area contributed by atoms with Gasteiger partial charge in [0.15, 0.2) is 0 Å². The van der Waals surface area contributed by atoms with Crippen LogP contribution in [0.5, 0.6) is 0 Å². The van der Waals surface area contributed by atoms with Crippen molar-refractivity contribution in [1.29, 1.82) is 0 Å². The van der Waals surface area contributed by atoms with E-state index in [1.807, 2.05) is 15.9 Å². The quantitative estimate of drug-likeness (QED) is 0.549. The standard InChI is InChI=1S/C32H40N4O2/c1-19(2)20-11-13-21(14-12-20)29-28-24(23-9-7-8-10-25(23)33-28)15-26-30(38)35(18-27(37)36(26)29)22-16-31(3,4)34-32(5,6)17-22/h7-14,19,22,26,29,33-34H,15-18H2,1-6H3/p+1/t26-,29-/m0/s1. The SMILES string of the molecule is CC(C)c1ccc([C@H]2c3[nH]c4ccccc4c3C[C@H]3C(=O)N(C4CC(C)(C)[NH2+]C(C)(C)C4)CC(=O)N23)cc1. The minimum atomic E-state index is -0.491. The highest BCUT2D eigenvalue weighted by atomic mass is 16.2. The van der Waals surface area contributed by atoms with Gasteiger partial charge in [-0.15, -0.1) is 0 Å². The predicted molar refractivity (Wildman–Crippen MR) is 150 cm³/mol. The van der Waals surface area contributed by atoms with Crippen molar-refractivity contribution in [3.63, 3.8) is 0 Å². The van der Waals surface area contributed by atoms with Crippen molar-refractivity contribution in [3.05, 3.63) is 70.9 Å². The van der Waals surface area contributed by atoms with Gasteiger partial charge in [-0.3, -0.25) is 9.59 Å². The normalized spacial score (nSPS) is 25.1. The fraction of sp³-hybridized carbons (Fsp3) is 0.500. The Hall–Kier alpha value is -3.12. The summed E-state index contributed by atoms with van der Waals surface area (Å²) in [6.45, 7) is 13.5. The molecule has 3 aliphatic rings. The van der Waals surface area contributed by atoms with Crippen molar-refractivity contribution in [2.45, 2.75) is 95.9 Å². The van der Waals surface area contributed by atoms with Crippen LogP contribution in [0.2, 0.25) is 0 Å². The number of amides is 2. The number of carbonyl (C=O) groups excluding carboxylic acids is 2. The molecule has 2 amide bonds. The summed E-state index contributed by atoms with van der Waals surface area (Å²) in [5.74, 6) is 0.574. The first-order chi connectivity index (χ1) is 17.9. The molecular formula is C32H41N4O2+. The van der Waals surface area contributed by atoms with Crippen LogP contribution in [0.3, 0.4) is 0 Å². The van der Waals surface area contributed by atoms with Crippen LogP contribution < -0.4 is 5.32 Å². The number of nitrogens with one attached hydrogen (secondary N) is 1. The van der Waals surface area contributed by atoms with Crippen molar-refractivity contribution in [2.24, 2.45) is 0 Å². The van der Waals surface area contributed by atoms with Crippen LogP contribution >= 0.6 is 0 Å². The molecule has 6 heteroatoms. The van der Waals surface area contributed by atoms with Crippen molar-refractivity contribution in [1.82, 2.24) is 14.8 Å². The Morgan fingerprint density at radius 1 is 0.947 bits per heavy atom. The van der Waals surface area contributed by atoms with Gasteiger partial charge in [0, 0.05) is 41.9 Å². The van der Waals surface area contributed by atoms with E-state index in [2.05, 4.69) is 94.3 Å². The van der Waals surface area contributed by atoms with Gasteiger partial charge in [-0.25, -0.2) is 0 Å². The smallest absolute Gasteiger partial charge is 0.246 e. The van der Waals surface area contributed by atoms with Gasteiger partial charge in [-0.1, -0.05) is 56.3 Å². The van der Waals surface area contributed by atoms with Gasteiger partial charge in [0.25, 0.3) is 0 Å². The molecule has 3 aromatic rings. The molecule has 0 spiro atoms. The van der Waals surface area contributed by atoms with E-state index in [9.17, 15) is 9.59 Å². The molecule has 2 saturated heterocycles. The first-order valence-electron chi connectivity index (χ1n) is 14.1. The summed E-state index contributed by atoms with van der Waals surface area (Å²) in [4.78, 5) is 35.8. The van der Waals surface area contributed by atoms with Gasteiger partial charge in [0.05, 0.1) is 17.1 Å². The fourth-order valence-electron chi connectivity index (χ4n) is 7.69. The highest BCUT2D eigenvalue weighted by Gasteiger charge is 2.52. The third-order valence-electron chi connectivity index (χ3n) is 8.96. The maximum absolute atomic E-state index is 14.3. The van der Waals surface area contributed by atoms with E-state index in [-0.39, 0.29) is 41.5 Å². The minimum Gasteiger partial charge on any atom is -0.356 e. The number of aromatic nitrogens is 1. The number of rotatable bonds is 3. The van der Waals surface area contributed by atoms with Crippen molar-refractivity contribution < 1.29 is 14.9 Å². The van der Waals surface area contributed by atoms with E-state index >= 15 is 0 Å². The summed E-state index contributed by atoms with van der Waals surface area (Å²) in [5.41, 5.74) is 5.63. The molecule has 2 aromatic carbocycles. The van der Waals surface area contributed by atoms with Gasteiger partial charge >= 0.3 is 0 Å². The molecule has 0 unspecified atom stereocenters. The zero-order chi connectivity index (χ0) is 27.0. The Labute approximate surface area is 225 Å². The summed E-state index contributed by atoms with van der Waals surface area (Å²) in [7, 11) is 0. The molecule has 0 radical (unpaired) electrons. The zero-order valence-electron chi connectivity index (χ0n) is 23.5. The summed E-state index contributed by atoms with van der Waals surface area (Å²) in [6.07, 6.45) is 2.33. The van der Waals surface area contributed by atoms with Crippen LogP contribution in [0.25, 0.3) is 10.9 Å². The molecule has 0 bridgehead atoms. The summed E-state index contributed by atoms with van der Waals surface area (Å²) >= 11 is 0. The molecule has 0 saturated carbocycles. The van der Waals surface area contributed by atoms with Crippen LogP contribution in [0.15, 0.2) is 48.5 Å². The number of carbonyl (C=O) groups is 2. The second kappa shape index (κ2) is 8.70. The zero-order valence-corrected chi connectivity index (χ0v) is 23.5. The summed E-state index contributed by atoms with van der Waals surface area (Å²) < 4.78 is 0. The number of H-pyrrole nitrogens is 1. The van der Waals surface area contributed by atoms with Crippen molar-refractivity contribution in [2.75, 3.05) is 6.54 Å². The lowest BCUT2D eigenvalue weighted by atomic mass is 9.78. The number of aromatic amines is 1. The molecule has 200 valence electrons. The highest BCUT2D eigenvalue weighted by molar-refractivity contribution is 5.97. The van der Waals surface area contributed by atoms with Crippen LogP contribution in [0.4, 0.5) is 0 Å². The lowest BCUT2D eigenvalue weighted by Gasteiger charge is -2.52. The number of nitrogens with zero attached hydrogens (tertiary/aromatic N) is 2. The molecular weight excluding hydrogens is 472 g/mol. The number of quaternary nitrogens is 1. The lowest BCUT2D eigenvalue weighted by Crippen LogP contribution is -3.06. The molecule has 4 heterocycles. The van der Waals surface area contributed by atoms with Crippen LogP contribution in [-0.2, 0) is 16.0 Å². The Kier molecular flexibility index (Phi) is 5.76. The van der Waals surface area contributed by atoms with E-state index in [1.165, 1.54) is 11.1 Å². The minimum absolute atomic E-state index is 0.0180. The maximum atomic E-state index is 14.3. The molecule has 3 N–H and O–H groups in total. The predicted octanol–water partition coefficient (Wildman–Crippen LogP) is 4.26. The summed E-state index contributed by atoms with van der Waals surface area (Å²) in [5, 5.41) is 3.58. The van der Waals surface area contributed by atoms with E-state index in [0.29, 0.717) is 12.3 Å². The van der Waals surface area contributed by atoms with Crippen LogP contribution in [0.1, 0.15) is 88.7 Å².